The fourth-order valence-electron chi connectivity index (χ4n) is 9.53. The van der Waals surface area contributed by atoms with Crippen LogP contribution in [0.15, 0.2) is 66.2 Å². The van der Waals surface area contributed by atoms with Crippen molar-refractivity contribution in [3.63, 3.8) is 0 Å². The number of likely N-dealkylation sites (N-methyl/N-ethyl adjacent to an activating group) is 1. The van der Waals surface area contributed by atoms with Gasteiger partial charge in [0.05, 0.1) is 24.5 Å². The van der Waals surface area contributed by atoms with E-state index in [2.05, 4.69) is 28.5 Å². The molecular formula is C49H58N2O9. The summed E-state index contributed by atoms with van der Waals surface area (Å²) in [5.74, 6) is 3.98. The monoisotopic (exact) mass is 818 g/mol. The molecule has 3 heterocycles. The molecule has 6 N–H and O–H groups in total. The first kappa shape index (κ1) is 43.1. The lowest BCUT2D eigenvalue weighted by Crippen LogP contribution is -2.54. The Labute approximate surface area is 352 Å². The molecule has 3 aromatic rings. The van der Waals surface area contributed by atoms with Gasteiger partial charge < -0.3 is 40.5 Å². The molecule has 1 saturated carbocycles. The number of fused-ring (bicyclic) bond motifs is 8. The quantitative estimate of drug-likeness (QED) is 0.0836. The lowest BCUT2D eigenvalue weighted by atomic mass is 9.66. The minimum atomic E-state index is -1.55. The molecule has 8 atom stereocenters. The smallest absolute Gasteiger partial charge is 0.334 e. The number of esters is 2. The molecule has 0 aromatic heterocycles. The highest BCUT2D eigenvalue weighted by Gasteiger charge is 2.49. The Kier molecular flexibility index (Phi) is 13.5. The number of anilines is 1. The predicted octanol–water partition coefficient (Wildman–Crippen LogP) is 6.11. The van der Waals surface area contributed by atoms with Crippen molar-refractivity contribution < 1.29 is 44.3 Å². The Balaban J connectivity index is 1.42. The van der Waals surface area contributed by atoms with Gasteiger partial charge in [-0.15, -0.1) is 0 Å². The molecule has 7 rings (SSSR count). The third kappa shape index (κ3) is 9.79. The minimum Gasteiger partial charge on any atom is -0.508 e. The van der Waals surface area contributed by atoms with Crippen molar-refractivity contribution >= 4 is 23.4 Å². The standard InChI is InChI=1S/C49H58N2O9/c1-4-15-49(58)39-13-14-42(53)36(20-39)17-31-9-5-7-30(16-31)8-6-10-34-18-32(35-19-37(44(55)28-50-3)22-40(21-35)51-27-29(2)52)11-12-33-25-47(56)59-45-26-43(54)38(23-41(33)45)24-46(49)60-48(34)57/h5,7,9-10,16,19,21-23,26,29,32-33,36,39,44,46,50-52,54-55,58H,4,6,8,13-15,17-18,20,24-25,27-28H2,1-3H3. The second-order valence-electron chi connectivity index (χ2n) is 17.3. The van der Waals surface area contributed by atoms with Gasteiger partial charge in [0.1, 0.15) is 29.0 Å². The van der Waals surface area contributed by atoms with Gasteiger partial charge in [-0.3, -0.25) is 9.59 Å². The first-order valence-electron chi connectivity index (χ1n) is 21.5. The Morgan fingerprint density at radius 1 is 0.933 bits per heavy atom. The summed E-state index contributed by atoms with van der Waals surface area (Å²) in [6.45, 7) is 4.19. The number of benzene rings is 3. The number of hydrogen-bond acceptors (Lipinski definition) is 11. The zero-order chi connectivity index (χ0) is 42.6. The van der Waals surface area contributed by atoms with E-state index in [0.29, 0.717) is 84.9 Å². The van der Waals surface area contributed by atoms with Gasteiger partial charge in [-0.25, -0.2) is 4.79 Å². The lowest BCUT2D eigenvalue weighted by Gasteiger charge is -2.45. The van der Waals surface area contributed by atoms with E-state index in [1.165, 1.54) is 6.07 Å². The molecule has 3 aliphatic heterocycles. The number of carbonyl (C=O) groups is 3. The van der Waals surface area contributed by atoms with Gasteiger partial charge in [0.25, 0.3) is 0 Å². The number of carbonyl (C=O) groups excluding carboxylic acids is 3. The normalized spacial score (nSPS) is 26.5. The highest BCUT2D eigenvalue weighted by molar-refractivity contribution is 5.89. The Morgan fingerprint density at radius 3 is 2.52 bits per heavy atom. The molecule has 3 aromatic carbocycles. The Morgan fingerprint density at radius 2 is 1.73 bits per heavy atom. The number of aliphatic hydroxyl groups is 3. The highest BCUT2D eigenvalue weighted by atomic mass is 16.6. The summed E-state index contributed by atoms with van der Waals surface area (Å²) in [6, 6.07) is 17.0. The topological polar surface area (TPSA) is 175 Å². The second kappa shape index (κ2) is 18.7. The van der Waals surface area contributed by atoms with Crippen LogP contribution in [0.1, 0.15) is 117 Å². The Hall–Kier alpha value is -4.99. The third-order valence-corrected chi connectivity index (χ3v) is 12.7. The van der Waals surface area contributed by atoms with Crippen LogP contribution in [0, 0.1) is 23.7 Å². The van der Waals surface area contributed by atoms with Crippen LogP contribution < -0.4 is 15.4 Å². The number of nitrogens with one attached hydrogen (secondary N) is 2. The SMILES string of the molecule is CCCC1(O)C2CCC(=O)C(Cc3cccc(c3)CCC=C3CC(c4cc(NCC(C)O)cc(C(O)CNC)c4)C#CC4CC(=O)Oc5cc(O)c(cc54)CC1OC3=O)C2. The number of aryl methyl sites for hydroxylation is 1. The van der Waals surface area contributed by atoms with Crippen LogP contribution in [-0.2, 0) is 38.4 Å². The Bertz CT molecular complexity index is 2190. The average molecular weight is 819 g/mol. The van der Waals surface area contributed by atoms with Crippen molar-refractivity contribution in [2.45, 2.75) is 120 Å². The number of phenols is 1. The largest absolute Gasteiger partial charge is 0.508 e. The van der Waals surface area contributed by atoms with Crippen LogP contribution in [-0.4, -0.2) is 76.1 Å². The molecule has 0 saturated heterocycles. The molecule has 0 spiro atoms. The maximum atomic E-state index is 14.9. The predicted molar refractivity (Wildman–Crippen MR) is 228 cm³/mol. The second-order valence-corrected chi connectivity index (χ2v) is 17.3. The van der Waals surface area contributed by atoms with E-state index < -0.39 is 47.7 Å². The van der Waals surface area contributed by atoms with E-state index in [9.17, 15) is 34.8 Å². The summed E-state index contributed by atoms with van der Waals surface area (Å²) in [7, 11) is 1.75. The van der Waals surface area contributed by atoms with E-state index in [-0.39, 0.29) is 61.5 Å². The van der Waals surface area contributed by atoms with Crippen molar-refractivity contribution in [1.29, 1.82) is 0 Å². The average Bonchev–Trinajstić information content (AvgIpc) is 3.22. The summed E-state index contributed by atoms with van der Waals surface area (Å²) >= 11 is 0. The minimum absolute atomic E-state index is 0.0221. The number of ether oxygens (including phenoxy) is 2. The van der Waals surface area contributed by atoms with Crippen molar-refractivity contribution in [2.75, 3.05) is 25.5 Å². The molecule has 0 amide bonds. The van der Waals surface area contributed by atoms with Gasteiger partial charge in [-0.2, -0.15) is 0 Å². The lowest BCUT2D eigenvalue weighted by molar-refractivity contribution is -0.176. The van der Waals surface area contributed by atoms with E-state index in [1.807, 2.05) is 49.4 Å². The van der Waals surface area contributed by atoms with Gasteiger partial charge in [-0.1, -0.05) is 61.6 Å². The summed E-state index contributed by atoms with van der Waals surface area (Å²) < 4.78 is 12.2. The van der Waals surface area contributed by atoms with Crippen LogP contribution in [0.4, 0.5) is 5.69 Å². The number of allylic oxidation sites excluding steroid dienone is 1. The fraction of sp³-hybridized carbons (Fsp3) is 0.490. The number of rotatable bonds is 9. The zero-order valence-corrected chi connectivity index (χ0v) is 34.8. The molecule has 11 heteroatoms. The van der Waals surface area contributed by atoms with E-state index >= 15 is 0 Å². The number of ketones is 1. The molecule has 4 aliphatic rings. The maximum Gasteiger partial charge on any atom is 0.334 e. The van der Waals surface area contributed by atoms with Crippen LogP contribution in [0.2, 0.25) is 0 Å². The van der Waals surface area contributed by atoms with Crippen molar-refractivity contribution in [1.82, 2.24) is 5.32 Å². The van der Waals surface area contributed by atoms with Gasteiger partial charge in [0, 0.05) is 60.7 Å². The molecule has 8 unspecified atom stereocenters. The fourth-order valence-corrected chi connectivity index (χ4v) is 9.53. The molecule has 60 heavy (non-hydrogen) atoms. The van der Waals surface area contributed by atoms with E-state index in [1.54, 1.807) is 20.0 Å². The molecule has 0 radical (unpaired) electrons. The molecule has 318 valence electrons. The van der Waals surface area contributed by atoms with E-state index in [4.69, 9.17) is 9.47 Å². The summed E-state index contributed by atoms with van der Waals surface area (Å²) in [5, 5.41) is 52.2. The number of hydrogen-bond donors (Lipinski definition) is 6. The molecule has 1 aliphatic carbocycles. The zero-order valence-electron chi connectivity index (χ0n) is 34.8. The molecule has 11 nitrogen and oxygen atoms in total. The van der Waals surface area contributed by atoms with Crippen LogP contribution in [0.5, 0.6) is 11.5 Å². The first-order chi connectivity index (χ1) is 28.8. The van der Waals surface area contributed by atoms with Gasteiger partial charge >= 0.3 is 11.9 Å². The third-order valence-electron chi connectivity index (χ3n) is 12.7. The van der Waals surface area contributed by atoms with Crippen molar-refractivity contribution in [3.05, 3.63) is 99.6 Å². The van der Waals surface area contributed by atoms with Gasteiger partial charge in [-0.05, 0) is 111 Å². The van der Waals surface area contributed by atoms with Crippen LogP contribution in [0.25, 0.3) is 0 Å². The maximum absolute atomic E-state index is 14.9. The van der Waals surface area contributed by atoms with Crippen LogP contribution >= 0.6 is 0 Å². The summed E-state index contributed by atoms with van der Waals surface area (Å²) in [4.78, 5) is 41.4. The molecule has 8 bridgehead atoms. The van der Waals surface area contributed by atoms with Gasteiger partial charge in [0.2, 0.25) is 0 Å². The summed E-state index contributed by atoms with van der Waals surface area (Å²) in [6.07, 6.45) is 3.04. The number of aromatic hydroxyl groups is 1. The number of Topliss-reactive ketones (excluding diaryl/α,β-unsaturated/α-hetero) is 1. The molecule has 1 fully saturated rings. The number of aliphatic hydroxyl groups excluding tert-OH is 2. The highest BCUT2D eigenvalue weighted by Crippen LogP contribution is 2.45. The van der Waals surface area contributed by atoms with Crippen LogP contribution in [0.3, 0.4) is 0 Å². The van der Waals surface area contributed by atoms with Gasteiger partial charge in [0.15, 0.2) is 0 Å². The molecular weight excluding hydrogens is 761 g/mol. The van der Waals surface area contributed by atoms with Crippen molar-refractivity contribution in [3.8, 4) is 23.3 Å². The first-order valence-corrected chi connectivity index (χ1v) is 21.5. The number of phenolic OH excluding ortho intramolecular Hbond substituents is 1. The van der Waals surface area contributed by atoms with Crippen molar-refractivity contribution in [2.24, 2.45) is 11.8 Å². The summed E-state index contributed by atoms with van der Waals surface area (Å²) in [5.41, 5.74) is 3.94. The van der Waals surface area contributed by atoms with E-state index in [0.717, 1.165) is 11.1 Å².